The van der Waals surface area contributed by atoms with E-state index in [4.69, 9.17) is 16.3 Å². The van der Waals surface area contributed by atoms with Crippen LogP contribution in [0.25, 0.3) is 0 Å². The van der Waals surface area contributed by atoms with Gasteiger partial charge in [0.1, 0.15) is 5.60 Å². The van der Waals surface area contributed by atoms with Crippen molar-refractivity contribution in [2.75, 3.05) is 5.88 Å². The zero-order chi connectivity index (χ0) is 14.0. The monoisotopic (exact) mass is 281 g/mol. The minimum Gasteiger partial charge on any atom is -0.441 e. The molecule has 1 aromatic rings. The highest BCUT2D eigenvalue weighted by atomic mass is 35.5. The van der Waals surface area contributed by atoms with Crippen molar-refractivity contribution in [3.05, 3.63) is 35.9 Å². The maximum absolute atomic E-state index is 12.2. The average Bonchev–Trinajstić information content (AvgIpc) is 2.60. The van der Waals surface area contributed by atoms with Crippen molar-refractivity contribution in [2.45, 2.75) is 44.9 Å². The molecule has 1 aliphatic rings. The second-order valence-electron chi connectivity index (χ2n) is 5.46. The van der Waals surface area contributed by atoms with Crippen LogP contribution in [-0.2, 0) is 4.74 Å². The van der Waals surface area contributed by atoms with E-state index in [1.807, 2.05) is 56.0 Å². The topological polar surface area (TPSA) is 29.5 Å². The van der Waals surface area contributed by atoms with Crippen molar-refractivity contribution in [3.63, 3.8) is 0 Å². The molecule has 1 fully saturated rings. The minimum atomic E-state index is -0.491. The Morgan fingerprint density at radius 2 is 2.00 bits per heavy atom. The van der Waals surface area contributed by atoms with Gasteiger partial charge in [0.25, 0.3) is 0 Å². The Labute approximate surface area is 119 Å². The number of carbonyl (C=O) groups is 1. The smallest absolute Gasteiger partial charge is 0.411 e. The van der Waals surface area contributed by atoms with E-state index in [-0.39, 0.29) is 18.2 Å². The zero-order valence-electron chi connectivity index (χ0n) is 11.6. The van der Waals surface area contributed by atoms with E-state index in [1.165, 1.54) is 0 Å². The number of halogens is 1. The molecule has 1 amide bonds. The first-order valence-corrected chi connectivity index (χ1v) is 7.13. The molecule has 0 bridgehead atoms. The molecular formula is C15H20ClNO2. The molecule has 0 aliphatic carbocycles. The lowest BCUT2D eigenvalue weighted by atomic mass is 9.94. The Kier molecular flexibility index (Phi) is 4.04. The molecule has 2 rings (SSSR count). The molecule has 0 radical (unpaired) electrons. The largest absolute Gasteiger partial charge is 0.441 e. The molecule has 4 heteroatoms. The van der Waals surface area contributed by atoms with Gasteiger partial charge >= 0.3 is 6.09 Å². The van der Waals surface area contributed by atoms with Crippen molar-refractivity contribution >= 4 is 17.7 Å². The van der Waals surface area contributed by atoms with E-state index in [2.05, 4.69) is 0 Å². The SMILES string of the molecule is C[C@H](c1ccccc1)N1C(=O)OC(C)(C)[C@@H]1CCCl. The lowest BCUT2D eigenvalue weighted by molar-refractivity contribution is 0.0664. The van der Waals surface area contributed by atoms with Gasteiger partial charge in [0.05, 0.1) is 12.1 Å². The molecule has 0 saturated carbocycles. The highest BCUT2D eigenvalue weighted by Gasteiger charge is 2.49. The van der Waals surface area contributed by atoms with Crippen molar-refractivity contribution in [2.24, 2.45) is 0 Å². The van der Waals surface area contributed by atoms with Crippen LogP contribution in [0.2, 0.25) is 0 Å². The van der Waals surface area contributed by atoms with E-state index in [1.54, 1.807) is 0 Å². The maximum Gasteiger partial charge on any atom is 0.411 e. The predicted octanol–water partition coefficient (Wildman–Crippen LogP) is 3.98. The Balaban J connectivity index is 2.28. The van der Waals surface area contributed by atoms with E-state index >= 15 is 0 Å². The number of nitrogens with zero attached hydrogens (tertiary/aromatic N) is 1. The Bertz CT molecular complexity index is 447. The standard InChI is InChI=1S/C15H20ClNO2/c1-11(12-7-5-4-6-8-12)17-13(9-10-16)15(2,3)19-14(17)18/h4-8,11,13H,9-10H2,1-3H3/t11-,13+/m1/s1. The summed E-state index contributed by atoms with van der Waals surface area (Å²) in [6.07, 6.45) is 0.480. The van der Waals surface area contributed by atoms with Gasteiger partial charge in [-0.25, -0.2) is 4.79 Å². The Morgan fingerprint density at radius 1 is 1.37 bits per heavy atom. The Hall–Kier alpha value is -1.22. The van der Waals surface area contributed by atoms with Gasteiger partial charge in [-0.05, 0) is 32.8 Å². The number of hydrogen-bond donors (Lipinski definition) is 0. The number of benzene rings is 1. The number of hydrogen-bond acceptors (Lipinski definition) is 2. The molecule has 0 aromatic heterocycles. The first-order valence-electron chi connectivity index (χ1n) is 6.59. The predicted molar refractivity (Wildman–Crippen MR) is 76.4 cm³/mol. The molecule has 1 aromatic carbocycles. The van der Waals surface area contributed by atoms with Crippen LogP contribution in [0.4, 0.5) is 4.79 Å². The maximum atomic E-state index is 12.2. The third-order valence-corrected chi connectivity index (χ3v) is 4.00. The quantitative estimate of drug-likeness (QED) is 0.782. The van der Waals surface area contributed by atoms with Crippen molar-refractivity contribution in [1.82, 2.24) is 4.90 Å². The van der Waals surface area contributed by atoms with E-state index in [9.17, 15) is 4.79 Å². The van der Waals surface area contributed by atoms with Crippen molar-refractivity contribution in [1.29, 1.82) is 0 Å². The molecule has 3 nitrogen and oxygen atoms in total. The number of rotatable bonds is 4. The third-order valence-electron chi connectivity index (χ3n) is 3.78. The average molecular weight is 282 g/mol. The molecular weight excluding hydrogens is 262 g/mol. The fourth-order valence-corrected chi connectivity index (χ4v) is 2.92. The zero-order valence-corrected chi connectivity index (χ0v) is 12.4. The van der Waals surface area contributed by atoms with Crippen LogP contribution >= 0.6 is 11.6 Å². The fourth-order valence-electron chi connectivity index (χ4n) is 2.72. The third kappa shape index (κ3) is 2.71. The molecule has 0 spiro atoms. The van der Waals surface area contributed by atoms with Gasteiger partial charge in [-0.1, -0.05) is 30.3 Å². The summed E-state index contributed by atoms with van der Waals surface area (Å²) in [7, 11) is 0. The molecule has 2 atom stereocenters. The van der Waals surface area contributed by atoms with Gasteiger partial charge in [0.2, 0.25) is 0 Å². The Morgan fingerprint density at radius 3 is 2.58 bits per heavy atom. The lowest BCUT2D eigenvalue weighted by Crippen LogP contribution is -2.43. The van der Waals surface area contributed by atoms with E-state index in [0.717, 1.165) is 12.0 Å². The van der Waals surface area contributed by atoms with Crippen molar-refractivity contribution < 1.29 is 9.53 Å². The van der Waals surface area contributed by atoms with Crippen LogP contribution < -0.4 is 0 Å². The molecule has 104 valence electrons. The molecule has 1 heterocycles. The summed E-state index contributed by atoms with van der Waals surface area (Å²) in [6.45, 7) is 5.92. The van der Waals surface area contributed by atoms with Crippen LogP contribution in [0, 0.1) is 0 Å². The summed E-state index contributed by atoms with van der Waals surface area (Å²) >= 11 is 5.88. The van der Waals surface area contributed by atoms with E-state index < -0.39 is 5.60 Å². The summed E-state index contributed by atoms with van der Waals surface area (Å²) in [5.41, 5.74) is 0.617. The normalized spacial score (nSPS) is 23.3. The van der Waals surface area contributed by atoms with Gasteiger partial charge in [0, 0.05) is 5.88 Å². The van der Waals surface area contributed by atoms with Gasteiger partial charge in [-0.3, -0.25) is 4.90 Å². The molecule has 19 heavy (non-hydrogen) atoms. The summed E-state index contributed by atoms with van der Waals surface area (Å²) in [5.74, 6) is 0.517. The van der Waals surface area contributed by atoms with Crippen LogP contribution in [0.3, 0.4) is 0 Å². The van der Waals surface area contributed by atoms with Gasteiger partial charge in [0.15, 0.2) is 0 Å². The minimum absolute atomic E-state index is 0.00714. The summed E-state index contributed by atoms with van der Waals surface area (Å²) in [4.78, 5) is 14.0. The molecule has 0 unspecified atom stereocenters. The summed E-state index contributed by atoms with van der Waals surface area (Å²) < 4.78 is 5.50. The lowest BCUT2D eigenvalue weighted by Gasteiger charge is -2.32. The highest BCUT2D eigenvalue weighted by Crippen LogP contribution is 2.37. The number of ether oxygens (including phenoxy) is 1. The van der Waals surface area contributed by atoms with Gasteiger partial charge in [-0.15, -0.1) is 11.6 Å². The molecule has 1 saturated heterocycles. The molecule has 1 aliphatic heterocycles. The summed E-state index contributed by atoms with van der Waals surface area (Å²) in [5, 5.41) is 0. The fraction of sp³-hybridized carbons (Fsp3) is 0.533. The number of cyclic esters (lactones) is 1. The number of amides is 1. The summed E-state index contributed by atoms with van der Waals surface area (Å²) in [6, 6.07) is 9.99. The van der Waals surface area contributed by atoms with Crippen LogP contribution in [0.15, 0.2) is 30.3 Å². The van der Waals surface area contributed by atoms with Gasteiger partial charge < -0.3 is 4.74 Å². The second kappa shape index (κ2) is 5.41. The van der Waals surface area contributed by atoms with Gasteiger partial charge in [-0.2, -0.15) is 0 Å². The van der Waals surface area contributed by atoms with E-state index in [0.29, 0.717) is 5.88 Å². The van der Waals surface area contributed by atoms with Crippen LogP contribution in [0.1, 0.15) is 38.8 Å². The second-order valence-corrected chi connectivity index (χ2v) is 5.84. The number of alkyl halides is 1. The highest BCUT2D eigenvalue weighted by molar-refractivity contribution is 6.17. The van der Waals surface area contributed by atoms with Crippen LogP contribution in [0.5, 0.6) is 0 Å². The first-order chi connectivity index (χ1) is 8.97. The molecule has 0 N–H and O–H groups in total. The number of carbonyl (C=O) groups excluding carboxylic acids is 1. The van der Waals surface area contributed by atoms with Crippen LogP contribution in [-0.4, -0.2) is 28.5 Å². The first kappa shape index (κ1) is 14.2. The van der Waals surface area contributed by atoms with Crippen molar-refractivity contribution in [3.8, 4) is 0 Å².